The summed E-state index contributed by atoms with van der Waals surface area (Å²) in [4.78, 5) is 30.0. The molecule has 44 heavy (non-hydrogen) atoms. The average Bonchev–Trinajstić information content (AvgIpc) is 2.99. The Morgan fingerprint density at radius 3 is 2.18 bits per heavy atom. The zero-order valence-corrected chi connectivity index (χ0v) is 27.8. The first-order chi connectivity index (χ1) is 20.9. The van der Waals surface area contributed by atoms with Crippen molar-refractivity contribution >= 4 is 50.7 Å². The van der Waals surface area contributed by atoms with Crippen molar-refractivity contribution in [2.45, 2.75) is 76.9 Å². The Morgan fingerprint density at radius 1 is 0.886 bits per heavy atom. The second kappa shape index (κ2) is 15.3. The highest BCUT2D eigenvalue weighted by Gasteiger charge is 2.34. The number of benzene rings is 3. The Hall–Kier alpha value is -3.07. The van der Waals surface area contributed by atoms with Crippen LogP contribution < -0.4 is 9.62 Å². The lowest BCUT2D eigenvalue weighted by molar-refractivity contribution is -0.140. The van der Waals surface area contributed by atoms with Crippen molar-refractivity contribution < 1.29 is 18.0 Å². The zero-order valence-electron chi connectivity index (χ0n) is 25.5. The van der Waals surface area contributed by atoms with Crippen molar-refractivity contribution in [1.82, 2.24) is 10.2 Å². The largest absolute Gasteiger partial charge is 0.352 e. The Bertz CT molecular complexity index is 1540. The number of hydrogen-bond donors (Lipinski definition) is 1. The Balaban J connectivity index is 1.76. The van der Waals surface area contributed by atoms with Crippen LogP contribution in [0.5, 0.6) is 0 Å². The van der Waals surface area contributed by atoms with E-state index in [2.05, 4.69) is 5.32 Å². The summed E-state index contributed by atoms with van der Waals surface area (Å²) in [7, 11) is -3.87. The van der Waals surface area contributed by atoms with Crippen LogP contribution in [-0.4, -0.2) is 50.0 Å². The predicted octanol–water partition coefficient (Wildman–Crippen LogP) is 6.97. The Morgan fingerprint density at radius 2 is 1.55 bits per heavy atom. The van der Waals surface area contributed by atoms with Crippen LogP contribution in [0, 0.1) is 0 Å². The molecule has 3 aromatic rings. The van der Waals surface area contributed by atoms with Crippen LogP contribution in [0.1, 0.15) is 68.6 Å². The topological polar surface area (TPSA) is 86.8 Å². The van der Waals surface area contributed by atoms with E-state index >= 15 is 0 Å². The minimum atomic E-state index is -3.87. The lowest BCUT2D eigenvalue weighted by Gasteiger charge is -2.35. The van der Waals surface area contributed by atoms with E-state index in [1.807, 2.05) is 56.3 Å². The third-order valence-corrected chi connectivity index (χ3v) is 9.93. The molecule has 1 aliphatic carbocycles. The molecule has 7 nitrogen and oxygen atoms in total. The first-order valence-electron chi connectivity index (χ1n) is 15.1. The van der Waals surface area contributed by atoms with Gasteiger partial charge in [-0.1, -0.05) is 111 Å². The number of sulfonamides is 1. The summed E-state index contributed by atoms with van der Waals surface area (Å²) >= 11 is 12.5. The maximum Gasteiger partial charge on any atom is 0.244 e. The van der Waals surface area contributed by atoms with Gasteiger partial charge in [-0.05, 0) is 53.6 Å². The molecule has 1 atom stereocenters. The number of carbonyl (C=O) groups is 2. The normalized spacial score (nSPS) is 14.7. The van der Waals surface area contributed by atoms with Gasteiger partial charge in [0.1, 0.15) is 12.6 Å². The first-order valence-corrected chi connectivity index (χ1v) is 17.7. The molecule has 0 radical (unpaired) electrons. The summed E-state index contributed by atoms with van der Waals surface area (Å²) in [6, 6.07) is 20.9. The summed E-state index contributed by atoms with van der Waals surface area (Å²) < 4.78 is 27.6. The van der Waals surface area contributed by atoms with Crippen LogP contribution in [0.3, 0.4) is 0 Å². The fourth-order valence-electron chi connectivity index (χ4n) is 5.73. The standard InChI is InChI=1S/C34H41Cl2N3O4S/c1-24(2)28-16-10-11-17-31(28)39(44(3,42)43)23-33(40)38(22-26-18-19-29(35)30(36)20-26)32(21-25-12-6-4-7-13-25)34(41)37-27-14-8-5-9-15-27/h4,6-7,10-13,16-20,24,27,32H,5,8-9,14-15,21-23H2,1-3H3,(H,37,41)/t32-/m0/s1. The number of hydrogen-bond acceptors (Lipinski definition) is 4. The minimum absolute atomic E-state index is 0.0185. The molecule has 1 fully saturated rings. The molecule has 236 valence electrons. The van der Waals surface area contributed by atoms with Crippen molar-refractivity contribution in [3.63, 3.8) is 0 Å². The molecule has 4 rings (SSSR count). The second-order valence-corrected chi connectivity index (χ2v) is 14.5. The minimum Gasteiger partial charge on any atom is -0.352 e. The van der Waals surface area contributed by atoms with Crippen LogP contribution in [0.2, 0.25) is 10.0 Å². The molecule has 0 saturated heterocycles. The number of nitrogens with one attached hydrogen (secondary N) is 1. The van der Waals surface area contributed by atoms with Crippen molar-refractivity contribution in [2.75, 3.05) is 17.1 Å². The SMILES string of the molecule is CC(C)c1ccccc1N(CC(=O)N(Cc1ccc(Cl)c(Cl)c1)[C@@H](Cc1ccccc1)C(=O)NC1CCCCC1)S(C)(=O)=O. The Kier molecular flexibility index (Phi) is 11.7. The third kappa shape index (κ3) is 8.99. The van der Waals surface area contributed by atoms with Crippen LogP contribution >= 0.6 is 23.2 Å². The number of amides is 2. The van der Waals surface area contributed by atoms with Gasteiger partial charge in [-0.25, -0.2) is 8.42 Å². The van der Waals surface area contributed by atoms with Crippen molar-refractivity contribution in [3.8, 4) is 0 Å². The van der Waals surface area contributed by atoms with Gasteiger partial charge in [0.15, 0.2) is 0 Å². The number of nitrogens with zero attached hydrogens (tertiary/aromatic N) is 2. The first kappa shape index (κ1) is 33.8. The molecular formula is C34H41Cl2N3O4S. The van der Waals surface area contributed by atoms with Gasteiger partial charge in [0.25, 0.3) is 0 Å². The molecule has 10 heteroatoms. The van der Waals surface area contributed by atoms with E-state index in [-0.39, 0.29) is 30.8 Å². The summed E-state index contributed by atoms with van der Waals surface area (Å²) in [5, 5.41) is 3.91. The Labute approximate surface area is 271 Å². The molecule has 0 unspecified atom stereocenters. The van der Waals surface area contributed by atoms with Gasteiger partial charge in [0.2, 0.25) is 21.8 Å². The van der Waals surface area contributed by atoms with Gasteiger partial charge in [-0.3, -0.25) is 13.9 Å². The van der Waals surface area contributed by atoms with E-state index < -0.39 is 28.5 Å². The number of anilines is 1. The van der Waals surface area contributed by atoms with Crippen LogP contribution in [0.4, 0.5) is 5.69 Å². The van der Waals surface area contributed by atoms with E-state index in [0.29, 0.717) is 21.3 Å². The van der Waals surface area contributed by atoms with Gasteiger partial charge in [-0.15, -0.1) is 0 Å². The van der Waals surface area contributed by atoms with Crippen molar-refractivity contribution in [3.05, 3.63) is 99.5 Å². The number of para-hydroxylation sites is 1. The van der Waals surface area contributed by atoms with Crippen LogP contribution in [0.15, 0.2) is 72.8 Å². The highest BCUT2D eigenvalue weighted by atomic mass is 35.5. The number of halogens is 2. The van der Waals surface area contributed by atoms with Crippen LogP contribution in [0.25, 0.3) is 0 Å². The average molecular weight is 659 g/mol. The lowest BCUT2D eigenvalue weighted by atomic mass is 9.94. The molecule has 0 aromatic heterocycles. The van der Waals surface area contributed by atoms with Crippen molar-refractivity contribution in [2.24, 2.45) is 0 Å². The highest BCUT2D eigenvalue weighted by Crippen LogP contribution is 2.30. The van der Waals surface area contributed by atoms with Gasteiger partial charge in [0, 0.05) is 19.0 Å². The van der Waals surface area contributed by atoms with Gasteiger partial charge in [0.05, 0.1) is 22.0 Å². The quantitative estimate of drug-likeness (QED) is 0.228. The molecule has 1 N–H and O–H groups in total. The maximum atomic E-state index is 14.4. The molecule has 0 heterocycles. The monoisotopic (exact) mass is 657 g/mol. The highest BCUT2D eigenvalue weighted by molar-refractivity contribution is 7.92. The molecule has 0 bridgehead atoms. The summed E-state index contributed by atoms with van der Waals surface area (Å²) in [5.74, 6) is -0.743. The molecule has 0 aliphatic heterocycles. The fraction of sp³-hybridized carbons (Fsp3) is 0.412. The summed E-state index contributed by atoms with van der Waals surface area (Å²) in [6.07, 6.45) is 6.35. The van der Waals surface area contributed by atoms with E-state index in [1.165, 1.54) is 4.90 Å². The molecule has 1 saturated carbocycles. The molecule has 2 amide bonds. The van der Waals surface area contributed by atoms with Gasteiger partial charge >= 0.3 is 0 Å². The maximum absolute atomic E-state index is 14.4. The van der Waals surface area contributed by atoms with E-state index in [4.69, 9.17) is 23.2 Å². The second-order valence-electron chi connectivity index (χ2n) is 11.8. The zero-order chi connectivity index (χ0) is 31.9. The third-order valence-electron chi connectivity index (χ3n) is 8.07. The van der Waals surface area contributed by atoms with E-state index in [1.54, 1.807) is 30.3 Å². The number of carbonyl (C=O) groups excluding carboxylic acids is 2. The molecule has 1 aliphatic rings. The van der Waals surface area contributed by atoms with E-state index in [9.17, 15) is 18.0 Å². The summed E-state index contributed by atoms with van der Waals surface area (Å²) in [5.41, 5.74) is 2.80. The van der Waals surface area contributed by atoms with Crippen LogP contribution in [-0.2, 0) is 32.6 Å². The van der Waals surface area contributed by atoms with E-state index in [0.717, 1.165) is 53.8 Å². The van der Waals surface area contributed by atoms with Gasteiger partial charge in [-0.2, -0.15) is 0 Å². The van der Waals surface area contributed by atoms with Crippen molar-refractivity contribution in [1.29, 1.82) is 0 Å². The lowest BCUT2D eigenvalue weighted by Crippen LogP contribution is -2.55. The van der Waals surface area contributed by atoms with Gasteiger partial charge < -0.3 is 10.2 Å². The molecule has 3 aromatic carbocycles. The number of rotatable bonds is 12. The summed E-state index contributed by atoms with van der Waals surface area (Å²) in [6.45, 7) is 3.52. The smallest absolute Gasteiger partial charge is 0.244 e. The molecule has 0 spiro atoms. The predicted molar refractivity (Wildman–Crippen MR) is 179 cm³/mol. The molecular weight excluding hydrogens is 617 g/mol. The fourth-order valence-corrected chi connectivity index (χ4v) is 6.92.